The Morgan fingerprint density at radius 1 is 0.884 bits per heavy atom. The van der Waals surface area contributed by atoms with Crippen molar-refractivity contribution in [3.05, 3.63) is 97.0 Å². The molecule has 1 aliphatic carbocycles. The summed E-state index contributed by atoms with van der Waals surface area (Å²) in [6, 6.07) is 25.9. The Balaban J connectivity index is 1.09. The number of benzene rings is 2. The Kier molecular flexibility index (Phi) is 9.31. The van der Waals surface area contributed by atoms with Crippen LogP contribution in [0.3, 0.4) is 0 Å². The van der Waals surface area contributed by atoms with E-state index in [1.165, 1.54) is 63.3 Å². The van der Waals surface area contributed by atoms with Crippen LogP contribution in [-0.2, 0) is 16.0 Å². The van der Waals surface area contributed by atoms with E-state index in [1.54, 1.807) is 0 Å². The first kappa shape index (κ1) is 28.9. The standard InChI is InChI=1S/C37H42N4O2/c1-43-37(42)23-27-7-4-10-30(21-27)31-17-19-39-36(24-31)40-35-12-3-2-9-32(35)22-28-8-6-20-41(26-28)34-15-13-29(14-16-34)33-11-5-18-38-25-33/h4-5,7,10-11,13-19,21,24-25,28,32,35H,2-3,6,8-9,12,20,22-23,26H2,1H3,(H,39,40)/t28-,32+,35-/m1/s1. The lowest BCUT2D eigenvalue weighted by molar-refractivity contribution is -0.139. The topological polar surface area (TPSA) is 67.3 Å². The van der Waals surface area contributed by atoms with Gasteiger partial charge in [-0.25, -0.2) is 4.98 Å². The van der Waals surface area contributed by atoms with Crippen LogP contribution in [0.15, 0.2) is 91.4 Å². The average Bonchev–Trinajstić information content (AvgIpc) is 3.06. The second-order valence-corrected chi connectivity index (χ2v) is 12.2. The van der Waals surface area contributed by atoms with Crippen molar-refractivity contribution < 1.29 is 9.53 Å². The van der Waals surface area contributed by atoms with Gasteiger partial charge in [-0.15, -0.1) is 0 Å². The molecule has 1 saturated carbocycles. The molecule has 0 unspecified atom stereocenters. The highest BCUT2D eigenvalue weighted by atomic mass is 16.5. The highest BCUT2D eigenvalue weighted by molar-refractivity contribution is 5.74. The minimum atomic E-state index is -0.225. The SMILES string of the molecule is COC(=O)Cc1cccc(-c2ccnc(N[C@@H]3CCCC[C@H]3C[C@H]3CCCN(c4ccc(-c5cccnc5)cc4)C3)c2)c1. The van der Waals surface area contributed by atoms with Crippen molar-refractivity contribution in [1.82, 2.24) is 9.97 Å². The van der Waals surface area contributed by atoms with Crippen LogP contribution in [0.25, 0.3) is 22.3 Å². The van der Waals surface area contributed by atoms with E-state index in [-0.39, 0.29) is 12.4 Å². The molecule has 0 spiro atoms. The van der Waals surface area contributed by atoms with Crippen LogP contribution < -0.4 is 10.2 Å². The number of methoxy groups -OCH3 is 1. The summed E-state index contributed by atoms with van der Waals surface area (Å²) in [5.74, 6) is 2.07. The zero-order valence-electron chi connectivity index (χ0n) is 25.1. The van der Waals surface area contributed by atoms with Crippen molar-refractivity contribution >= 4 is 17.5 Å². The molecule has 2 fully saturated rings. The van der Waals surface area contributed by atoms with Crippen molar-refractivity contribution in [3.8, 4) is 22.3 Å². The van der Waals surface area contributed by atoms with E-state index in [4.69, 9.17) is 9.72 Å². The van der Waals surface area contributed by atoms with E-state index in [1.807, 2.05) is 42.9 Å². The van der Waals surface area contributed by atoms with Crippen LogP contribution in [0.2, 0.25) is 0 Å². The molecule has 1 aliphatic heterocycles. The lowest BCUT2D eigenvalue weighted by Gasteiger charge is -2.39. The quantitative estimate of drug-likeness (QED) is 0.206. The monoisotopic (exact) mass is 574 g/mol. The van der Waals surface area contributed by atoms with E-state index in [0.29, 0.717) is 17.9 Å². The normalized spacial score (nSPS) is 20.4. The molecule has 6 rings (SSSR count). The van der Waals surface area contributed by atoms with Gasteiger partial charge < -0.3 is 15.0 Å². The zero-order chi connectivity index (χ0) is 29.4. The smallest absolute Gasteiger partial charge is 0.309 e. The maximum absolute atomic E-state index is 11.8. The fourth-order valence-corrected chi connectivity index (χ4v) is 6.98. The molecule has 0 radical (unpaired) electrons. The van der Waals surface area contributed by atoms with Gasteiger partial charge in [0.25, 0.3) is 0 Å². The summed E-state index contributed by atoms with van der Waals surface area (Å²) in [5.41, 5.74) is 6.85. The van der Waals surface area contributed by atoms with E-state index in [0.717, 1.165) is 41.2 Å². The Labute approximate surface area is 255 Å². The van der Waals surface area contributed by atoms with E-state index < -0.39 is 0 Å². The first-order valence-electron chi connectivity index (χ1n) is 15.8. The van der Waals surface area contributed by atoms with Gasteiger partial charge in [0, 0.05) is 43.4 Å². The van der Waals surface area contributed by atoms with Gasteiger partial charge in [-0.1, -0.05) is 55.3 Å². The van der Waals surface area contributed by atoms with Gasteiger partial charge in [0.15, 0.2) is 0 Å². The van der Waals surface area contributed by atoms with E-state index in [9.17, 15) is 4.79 Å². The molecule has 1 N–H and O–H groups in total. The zero-order valence-corrected chi connectivity index (χ0v) is 25.1. The van der Waals surface area contributed by atoms with Crippen LogP contribution in [0.4, 0.5) is 11.5 Å². The molecule has 2 aliphatic rings. The number of hydrogen-bond donors (Lipinski definition) is 1. The third-order valence-electron chi connectivity index (χ3n) is 9.22. The number of nitrogens with zero attached hydrogens (tertiary/aromatic N) is 3. The van der Waals surface area contributed by atoms with E-state index in [2.05, 4.69) is 63.7 Å². The summed E-state index contributed by atoms with van der Waals surface area (Å²) in [7, 11) is 1.43. The maximum Gasteiger partial charge on any atom is 0.309 e. The van der Waals surface area contributed by atoms with Crippen LogP contribution in [0, 0.1) is 11.8 Å². The fourth-order valence-electron chi connectivity index (χ4n) is 6.98. The van der Waals surface area contributed by atoms with Gasteiger partial charge in [-0.2, -0.15) is 0 Å². The predicted octanol–water partition coefficient (Wildman–Crippen LogP) is 7.80. The number of piperidine rings is 1. The molecule has 2 aromatic heterocycles. The minimum absolute atomic E-state index is 0.225. The third kappa shape index (κ3) is 7.42. The molecule has 43 heavy (non-hydrogen) atoms. The number of ether oxygens (including phenoxy) is 1. The maximum atomic E-state index is 11.8. The third-order valence-corrected chi connectivity index (χ3v) is 9.22. The molecule has 0 amide bonds. The number of anilines is 2. The Hall–Kier alpha value is -4.19. The van der Waals surface area contributed by atoms with Crippen LogP contribution in [0.5, 0.6) is 0 Å². The summed E-state index contributed by atoms with van der Waals surface area (Å²) in [6.07, 6.45) is 14.8. The minimum Gasteiger partial charge on any atom is -0.469 e. The van der Waals surface area contributed by atoms with Gasteiger partial charge in [0.1, 0.15) is 5.82 Å². The molecule has 6 heteroatoms. The number of carbonyl (C=O) groups is 1. The molecule has 3 heterocycles. The van der Waals surface area contributed by atoms with Crippen molar-refractivity contribution in [2.75, 3.05) is 30.4 Å². The molecule has 222 valence electrons. The predicted molar refractivity (Wildman–Crippen MR) is 174 cm³/mol. The van der Waals surface area contributed by atoms with Crippen LogP contribution in [0.1, 0.15) is 50.5 Å². The van der Waals surface area contributed by atoms with Gasteiger partial charge in [0.2, 0.25) is 0 Å². The number of carbonyl (C=O) groups excluding carboxylic acids is 1. The number of nitrogens with one attached hydrogen (secondary N) is 1. The summed E-state index contributed by atoms with van der Waals surface area (Å²) < 4.78 is 4.85. The van der Waals surface area contributed by atoms with Crippen molar-refractivity contribution in [2.24, 2.45) is 11.8 Å². The second-order valence-electron chi connectivity index (χ2n) is 12.2. The Morgan fingerprint density at radius 3 is 2.56 bits per heavy atom. The number of esters is 1. The largest absolute Gasteiger partial charge is 0.469 e. The highest BCUT2D eigenvalue weighted by Gasteiger charge is 2.30. The van der Waals surface area contributed by atoms with Gasteiger partial charge >= 0.3 is 5.97 Å². The molecule has 2 aromatic carbocycles. The molecule has 4 aromatic rings. The van der Waals surface area contributed by atoms with Crippen molar-refractivity contribution in [3.63, 3.8) is 0 Å². The van der Waals surface area contributed by atoms with Crippen molar-refractivity contribution in [1.29, 1.82) is 0 Å². The first-order valence-corrected chi connectivity index (χ1v) is 15.8. The molecule has 0 bridgehead atoms. The van der Waals surface area contributed by atoms with Gasteiger partial charge in [-0.3, -0.25) is 9.78 Å². The molecular weight excluding hydrogens is 532 g/mol. The lowest BCUT2D eigenvalue weighted by Crippen LogP contribution is -2.39. The summed E-state index contributed by atoms with van der Waals surface area (Å²) >= 11 is 0. The first-order chi connectivity index (χ1) is 21.1. The highest BCUT2D eigenvalue weighted by Crippen LogP contribution is 2.36. The number of pyridine rings is 2. The Bertz CT molecular complexity index is 1490. The number of aromatic nitrogens is 2. The van der Waals surface area contributed by atoms with Gasteiger partial charge in [0.05, 0.1) is 13.5 Å². The summed E-state index contributed by atoms with van der Waals surface area (Å²) in [6.45, 7) is 2.26. The molecule has 6 nitrogen and oxygen atoms in total. The molecular formula is C37H42N4O2. The summed E-state index contributed by atoms with van der Waals surface area (Å²) in [4.78, 5) is 23.3. The average molecular weight is 575 g/mol. The molecule has 1 saturated heterocycles. The van der Waals surface area contributed by atoms with E-state index >= 15 is 0 Å². The van der Waals surface area contributed by atoms with Crippen LogP contribution >= 0.6 is 0 Å². The Morgan fingerprint density at radius 2 is 1.72 bits per heavy atom. The summed E-state index contributed by atoms with van der Waals surface area (Å²) in [5, 5.41) is 3.85. The fraction of sp³-hybridized carbons (Fsp3) is 0.378. The van der Waals surface area contributed by atoms with Crippen molar-refractivity contribution in [2.45, 2.75) is 57.4 Å². The lowest BCUT2D eigenvalue weighted by atomic mass is 9.77. The molecule has 3 atom stereocenters. The second kappa shape index (κ2) is 13.9. The number of hydrogen-bond acceptors (Lipinski definition) is 6. The van der Waals surface area contributed by atoms with Crippen LogP contribution in [-0.4, -0.2) is 42.2 Å². The van der Waals surface area contributed by atoms with Gasteiger partial charge in [-0.05, 0) is 102 Å². The number of rotatable bonds is 9.